The zero-order valence-corrected chi connectivity index (χ0v) is 12.9. The lowest BCUT2D eigenvalue weighted by Gasteiger charge is -2.28. The third kappa shape index (κ3) is 6.26. The fourth-order valence-corrected chi connectivity index (χ4v) is 2.70. The van der Waals surface area contributed by atoms with Crippen LogP contribution in [0.5, 0.6) is 0 Å². The Morgan fingerprint density at radius 2 is 1.85 bits per heavy atom. The number of aliphatic carboxylic acids is 1. The van der Waals surface area contributed by atoms with E-state index in [4.69, 9.17) is 5.11 Å². The zero-order chi connectivity index (χ0) is 15.1. The van der Waals surface area contributed by atoms with E-state index in [0.717, 1.165) is 18.8 Å². The third-order valence-corrected chi connectivity index (χ3v) is 3.88. The average Bonchev–Trinajstić information content (AvgIpc) is 2.36. The number of carbonyl (C=O) groups excluding carboxylic acids is 1. The predicted octanol–water partition coefficient (Wildman–Crippen LogP) is 2.56. The first-order chi connectivity index (χ1) is 9.38. The molecule has 1 aliphatic carbocycles. The molecule has 1 saturated carbocycles. The highest BCUT2D eigenvalue weighted by molar-refractivity contribution is 5.80. The van der Waals surface area contributed by atoms with Gasteiger partial charge in [-0.3, -0.25) is 4.79 Å². The molecule has 5 nitrogen and oxygen atoms in total. The molecule has 0 atom stereocenters. The molecule has 2 amide bonds. The van der Waals surface area contributed by atoms with Crippen molar-refractivity contribution in [1.82, 2.24) is 10.2 Å². The van der Waals surface area contributed by atoms with Gasteiger partial charge in [0, 0.05) is 13.1 Å². The molecule has 2 N–H and O–H groups in total. The van der Waals surface area contributed by atoms with E-state index in [1.165, 1.54) is 17.7 Å². The topological polar surface area (TPSA) is 69.6 Å². The maximum absolute atomic E-state index is 12.1. The smallest absolute Gasteiger partial charge is 0.323 e. The van der Waals surface area contributed by atoms with Crippen LogP contribution in [-0.2, 0) is 4.79 Å². The molecule has 0 unspecified atom stereocenters. The van der Waals surface area contributed by atoms with E-state index in [9.17, 15) is 9.59 Å². The van der Waals surface area contributed by atoms with Crippen LogP contribution < -0.4 is 5.32 Å². The molecule has 20 heavy (non-hydrogen) atoms. The van der Waals surface area contributed by atoms with Gasteiger partial charge in [-0.15, -0.1) is 0 Å². The Hall–Kier alpha value is -1.26. The van der Waals surface area contributed by atoms with Crippen LogP contribution in [0, 0.1) is 17.8 Å². The van der Waals surface area contributed by atoms with Gasteiger partial charge in [-0.1, -0.05) is 33.6 Å². The number of urea groups is 1. The van der Waals surface area contributed by atoms with Gasteiger partial charge in [-0.05, 0) is 30.6 Å². The van der Waals surface area contributed by atoms with Gasteiger partial charge in [0.05, 0.1) is 0 Å². The second-order valence-electron chi connectivity index (χ2n) is 6.48. The first-order valence-electron chi connectivity index (χ1n) is 7.63. The number of amides is 2. The number of rotatable bonds is 6. The summed E-state index contributed by atoms with van der Waals surface area (Å²) in [4.78, 5) is 24.3. The minimum Gasteiger partial charge on any atom is -0.480 e. The first kappa shape index (κ1) is 16.8. The molecule has 0 aromatic rings. The second-order valence-corrected chi connectivity index (χ2v) is 6.48. The van der Waals surface area contributed by atoms with E-state index in [-0.39, 0.29) is 18.5 Å². The molecule has 0 bridgehead atoms. The van der Waals surface area contributed by atoms with Crippen LogP contribution >= 0.6 is 0 Å². The Bertz CT molecular complexity index is 323. The molecular formula is C15H28N2O3. The minimum atomic E-state index is -0.965. The number of carbonyl (C=O) groups is 2. The molecule has 5 heteroatoms. The molecule has 0 aromatic heterocycles. The second kappa shape index (κ2) is 8.12. The monoisotopic (exact) mass is 284 g/mol. The van der Waals surface area contributed by atoms with Crippen LogP contribution in [0.4, 0.5) is 4.79 Å². The van der Waals surface area contributed by atoms with Crippen molar-refractivity contribution < 1.29 is 14.7 Å². The van der Waals surface area contributed by atoms with Gasteiger partial charge in [0.1, 0.15) is 6.54 Å². The zero-order valence-electron chi connectivity index (χ0n) is 12.9. The summed E-state index contributed by atoms with van der Waals surface area (Å²) in [6.07, 6.45) is 4.77. The van der Waals surface area contributed by atoms with Crippen LogP contribution in [0.2, 0.25) is 0 Å². The van der Waals surface area contributed by atoms with Gasteiger partial charge >= 0.3 is 12.0 Å². The first-order valence-corrected chi connectivity index (χ1v) is 7.63. The van der Waals surface area contributed by atoms with Crippen molar-refractivity contribution in [2.45, 2.75) is 46.5 Å². The molecule has 0 spiro atoms. The Labute approximate surface area is 121 Å². The Balaban J connectivity index is 2.38. The summed E-state index contributed by atoms with van der Waals surface area (Å²) in [6, 6.07) is -0.250. The summed E-state index contributed by atoms with van der Waals surface area (Å²) in [5.74, 6) is 0.634. The van der Waals surface area contributed by atoms with Crippen molar-refractivity contribution in [1.29, 1.82) is 0 Å². The van der Waals surface area contributed by atoms with Crippen molar-refractivity contribution in [2.24, 2.45) is 17.8 Å². The van der Waals surface area contributed by atoms with E-state index in [1.807, 2.05) is 13.8 Å². The molecule has 0 heterocycles. The number of carboxylic acids is 1. The number of hydrogen-bond donors (Lipinski definition) is 2. The Morgan fingerprint density at radius 1 is 1.25 bits per heavy atom. The van der Waals surface area contributed by atoms with Crippen LogP contribution in [0.25, 0.3) is 0 Å². The van der Waals surface area contributed by atoms with Crippen LogP contribution in [0.3, 0.4) is 0 Å². The van der Waals surface area contributed by atoms with Crippen molar-refractivity contribution in [3.63, 3.8) is 0 Å². The molecule has 1 fully saturated rings. The van der Waals surface area contributed by atoms with E-state index in [0.29, 0.717) is 19.0 Å². The van der Waals surface area contributed by atoms with Crippen molar-refractivity contribution in [3.05, 3.63) is 0 Å². The standard InChI is InChI=1S/C15H28N2O3/c1-11(2)9-17(10-14(18)19)15(20)16-8-13-6-4-12(3)5-7-13/h11-13H,4-10H2,1-3H3,(H,16,20)(H,18,19). The molecule has 1 rings (SSSR count). The predicted molar refractivity (Wildman–Crippen MR) is 78.6 cm³/mol. The van der Waals surface area contributed by atoms with Gasteiger partial charge in [0.2, 0.25) is 0 Å². The van der Waals surface area contributed by atoms with Gasteiger partial charge in [-0.25, -0.2) is 4.79 Å². The molecule has 0 radical (unpaired) electrons. The lowest BCUT2D eigenvalue weighted by atomic mass is 9.83. The maximum atomic E-state index is 12.1. The van der Waals surface area contributed by atoms with Crippen LogP contribution in [-0.4, -0.2) is 41.6 Å². The van der Waals surface area contributed by atoms with Crippen molar-refractivity contribution >= 4 is 12.0 Å². The molecule has 116 valence electrons. The summed E-state index contributed by atoms with van der Waals surface area (Å²) in [5, 5.41) is 11.8. The summed E-state index contributed by atoms with van der Waals surface area (Å²) in [5.41, 5.74) is 0. The summed E-state index contributed by atoms with van der Waals surface area (Å²) >= 11 is 0. The number of carboxylic acid groups (broad SMARTS) is 1. The van der Waals surface area contributed by atoms with Crippen LogP contribution in [0.15, 0.2) is 0 Å². The fraction of sp³-hybridized carbons (Fsp3) is 0.867. The van der Waals surface area contributed by atoms with E-state index >= 15 is 0 Å². The highest BCUT2D eigenvalue weighted by atomic mass is 16.4. The van der Waals surface area contributed by atoms with Crippen molar-refractivity contribution in [2.75, 3.05) is 19.6 Å². The van der Waals surface area contributed by atoms with E-state index in [2.05, 4.69) is 12.2 Å². The molecule has 0 aliphatic heterocycles. The Kier molecular flexibility index (Phi) is 6.82. The SMILES string of the molecule is CC(C)CN(CC(=O)O)C(=O)NCC1CCC(C)CC1. The number of nitrogens with one attached hydrogen (secondary N) is 1. The highest BCUT2D eigenvalue weighted by Crippen LogP contribution is 2.27. The van der Waals surface area contributed by atoms with Crippen molar-refractivity contribution in [3.8, 4) is 0 Å². The van der Waals surface area contributed by atoms with Gasteiger partial charge in [0.25, 0.3) is 0 Å². The highest BCUT2D eigenvalue weighted by Gasteiger charge is 2.21. The molecular weight excluding hydrogens is 256 g/mol. The fourth-order valence-electron chi connectivity index (χ4n) is 2.70. The molecule has 0 saturated heterocycles. The van der Waals surface area contributed by atoms with Crippen LogP contribution in [0.1, 0.15) is 46.5 Å². The number of nitrogens with zero attached hydrogens (tertiary/aromatic N) is 1. The maximum Gasteiger partial charge on any atom is 0.323 e. The lowest BCUT2D eigenvalue weighted by molar-refractivity contribution is -0.137. The Morgan fingerprint density at radius 3 is 2.35 bits per heavy atom. The quantitative estimate of drug-likeness (QED) is 0.787. The van der Waals surface area contributed by atoms with Gasteiger partial charge in [0.15, 0.2) is 0 Å². The lowest BCUT2D eigenvalue weighted by Crippen LogP contribution is -2.46. The summed E-state index contributed by atoms with van der Waals surface area (Å²) in [6.45, 7) is 7.13. The number of hydrogen-bond acceptors (Lipinski definition) is 2. The van der Waals surface area contributed by atoms with E-state index < -0.39 is 5.97 Å². The molecule has 1 aliphatic rings. The van der Waals surface area contributed by atoms with Gasteiger partial charge < -0.3 is 15.3 Å². The van der Waals surface area contributed by atoms with Gasteiger partial charge in [-0.2, -0.15) is 0 Å². The third-order valence-electron chi connectivity index (χ3n) is 3.88. The molecule has 0 aromatic carbocycles. The largest absolute Gasteiger partial charge is 0.480 e. The average molecular weight is 284 g/mol. The summed E-state index contributed by atoms with van der Waals surface area (Å²) < 4.78 is 0. The minimum absolute atomic E-state index is 0.230. The van der Waals surface area contributed by atoms with E-state index in [1.54, 1.807) is 0 Å². The summed E-state index contributed by atoms with van der Waals surface area (Å²) in [7, 11) is 0. The normalized spacial score (nSPS) is 22.6.